The van der Waals surface area contributed by atoms with E-state index in [4.69, 9.17) is 14.2 Å². The van der Waals surface area contributed by atoms with Gasteiger partial charge in [-0.1, -0.05) is 164 Å². The Morgan fingerprint density at radius 3 is 1.53 bits per heavy atom. The van der Waals surface area contributed by atoms with Crippen molar-refractivity contribution in [3.63, 3.8) is 0 Å². The van der Waals surface area contributed by atoms with Gasteiger partial charge in [0.2, 0.25) is 0 Å². The maximum absolute atomic E-state index is 12.7. The zero-order valence-corrected chi connectivity index (χ0v) is 37.2. The first kappa shape index (κ1) is 54.0. The van der Waals surface area contributed by atoms with Crippen LogP contribution in [-0.2, 0) is 28.6 Å². The van der Waals surface area contributed by atoms with Crippen LogP contribution in [0.5, 0.6) is 0 Å². The Hall–Kier alpha value is -2.97. The van der Waals surface area contributed by atoms with Gasteiger partial charge < -0.3 is 28.6 Å². The van der Waals surface area contributed by atoms with Crippen molar-refractivity contribution < 1.29 is 38.2 Å². The summed E-state index contributed by atoms with van der Waals surface area (Å²) in [6.07, 6.45) is 48.3. The summed E-state index contributed by atoms with van der Waals surface area (Å²) in [7, 11) is 5.38. The summed E-state index contributed by atoms with van der Waals surface area (Å²) in [5.74, 6) is -1.80. The molecule has 0 bridgehead atoms. The number of quaternary nitrogens is 1. The van der Waals surface area contributed by atoms with Gasteiger partial charge in [-0.3, -0.25) is 9.59 Å². The monoisotopic (exact) mass is 800 g/mol. The van der Waals surface area contributed by atoms with Gasteiger partial charge in [-0.15, -0.1) is 0 Å². The van der Waals surface area contributed by atoms with Crippen molar-refractivity contribution >= 4 is 17.9 Å². The number of ether oxygens (including phenoxy) is 3. The molecule has 0 spiro atoms. The van der Waals surface area contributed by atoms with Crippen LogP contribution >= 0.6 is 0 Å². The number of aliphatic carboxylic acids is 1. The fourth-order valence-corrected chi connectivity index (χ4v) is 6.43. The highest BCUT2D eigenvalue weighted by molar-refractivity contribution is 5.70. The van der Waals surface area contributed by atoms with Gasteiger partial charge in [0, 0.05) is 19.3 Å². The summed E-state index contributed by atoms with van der Waals surface area (Å²) in [6.45, 7) is 4.47. The van der Waals surface area contributed by atoms with Gasteiger partial charge in [0.15, 0.2) is 6.10 Å². The molecule has 0 aromatic rings. The van der Waals surface area contributed by atoms with Crippen LogP contribution in [-0.4, -0.2) is 75.5 Å². The Kier molecular flexibility index (Phi) is 37.8. The number of nitrogens with zero attached hydrogens (tertiary/aromatic N) is 1. The Bertz CT molecular complexity index is 1120. The second-order valence-electron chi connectivity index (χ2n) is 16.3. The molecule has 328 valence electrons. The van der Waals surface area contributed by atoms with Gasteiger partial charge >= 0.3 is 11.9 Å². The highest BCUT2D eigenvalue weighted by Gasteiger charge is 2.25. The van der Waals surface area contributed by atoms with E-state index in [1.807, 2.05) is 36.5 Å². The molecule has 57 heavy (non-hydrogen) atoms. The molecule has 0 N–H and O–H groups in total. The summed E-state index contributed by atoms with van der Waals surface area (Å²) in [4.78, 5) is 36.8. The first-order valence-electron chi connectivity index (χ1n) is 22.9. The molecule has 2 atom stereocenters. The van der Waals surface area contributed by atoms with Crippen molar-refractivity contribution in [2.75, 3.05) is 41.0 Å². The zero-order chi connectivity index (χ0) is 42.1. The van der Waals surface area contributed by atoms with Crippen LogP contribution in [0.15, 0.2) is 60.8 Å². The van der Waals surface area contributed by atoms with Crippen LogP contribution in [0.3, 0.4) is 0 Å². The predicted molar refractivity (Wildman–Crippen MR) is 236 cm³/mol. The minimum absolute atomic E-state index is 0.0213. The number of allylic oxidation sites excluding steroid dienone is 10. The number of carbonyl (C=O) groups is 3. The van der Waals surface area contributed by atoms with Gasteiger partial charge in [-0.2, -0.15) is 0 Å². The van der Waals surface area contributed by atoms with Crippen molar-refractivity contribution in [1.29, 1.82) is 0 Å². The number of hydrogen-bond donors (Lipinski definition) is 0. The Labute approximate surface area is 349 Å². The minimum Gasteiger partial charge on any atom is -0.544 e. The van der Waals surface area contributed by atoms with Crippen LogP contribution in [0.25, 0.3) is 0 Å². The lowest BCUT2D eigenvalue weighted by Gasteiger charge is -2.34. The van der Waals surface area contributed by atoms with E-state index in [2.05, 4.69) is 38.2 Å². The second-order valence-corrected chi connectivity index (χ2v) is 16.3. The third-order valence-electron chi connectivity index (χ3n) is 9.98. The second kappa shape index (κ2) is 39.8. The third kappa shape index (κ3) is 38.3. The van der Waals surface area contributed by atoms with Crippen LogP contribution in [0.2, 0.25) is 0 Å². The third-order valence-corrected chi connectivity index (χ3v) is 9.98. The number of esters is 2. The van der Waals surface area contributed by atoms with E-state index in [1.54, 1.807) is 21.1 Å². The largest absolute Gasteiger partial charge is 0.544 e. The van der Waals surface area contributed by atoms with Crippen molar-refractivity contribution in [3.8, 4) is 0 Å². The maximum atomic E-state index is 12.7. The van der Waals surface area contributed by atoms with Gasteiger partial charge in [-0.25, -0.2) is 0 Å². The van der Waals surface area contributed by atoms with Crippen molar-refractivity contribution in [3.05, 3.63) is 60.8 Å². The molecular weight excluding hydrogens is 715 g/mol. The Morgan fingerprint density at radius 1 is 0.544 bits per heavy atom. The molecule has 0 aliphatic rings. The number of carbonyl (C=O) groups excluding carboxylic acids is 3. The van der Waals surface area contributed by atoms with E-state index in [-0.39, 0.29) is 49.1 Å². The summed E-state index contributed by atoms with van der Waals surface area (Å²) in [6, 6.07) is -0.735. The molecule has 0 saturated heterocycles. The first-order chi connectivity index (χ1) is 27.6. The van der Waals surface area contributed by atoms with Crippen LogP contribution in [0.4, 0.5) is 0 Å². The van der Waals surface area contributed by atoms with Crippen LogP contribution in [0, 0.1) is 0 Å². The smallest absolute Gasteiger partial charge is 0.306 e. The molecule has 0 heterocycles. The number of likely N-dealkylation sites (N-methyl/N-ethyl adjacent to an activating group) is 1. The normalized spacial score (nSPS) is 13.5. The van der Waals surface area contributed by atoms with E-state index in [1.165, 1.54) is 96.3 Å². The molecule has 0 rings (SSSR count). The lowest BCUT2D eigenvalue weighted by atomic mass is 10.1. The average Bonchev–Trinajstić information content (AvgIpc) is 3.17. The Balaban J connectivity index is 4.32. The van der Waals surface area contributed by atoms with E-state index in [0.29, 0.717) is 12.8 Å². The highest BCUT2D eigenvalue weighted by Crippen LogP contribution is 2.14. The van der Waals surface area contributed by atoms with Gasteiger partial charge in [0.25, 0.3) is 0 Å². The fourth-order valence-electron chi connectivity index (χ4n) is 6.43. The fraction of sp³-hybridized carbons (Fsp3) is 0.735. The van der Waals surface area contributed by atoms with E-state index < -0.39 is 18.1 Å². The zero-order valence-electron chi connectivity index (χ0n) is 37.2. The molecule has 0 aliphatic carbocycles. The molecule has 0 amide bonds. The SMILES string of the molecule is CC/C=C/C=C/C=C/C=C/CCCCCC(=O)OC(COCCC(C(=O)[O-])[N+](C)(C)C)COC(=O)CCCCCCCCC/C=C/CCCCCCCCCCC. The first-order valence-corrected chi connectivity index (χ1v) is 22.9. The standard InChI is InChI=1S/C49H85NO7/c1-6-8-10-12-14-16-18-20-21-22-23-24-25-26-28-29-31-33-35-37-39-47(51)56-44-45(43-55-42-41-46(49(53)54)50(3,4)5)57-48(52)40-38-36-34-32-30-27-19-17-15-13-11-9-7-2/h9,11,13,15,17,19,23-24,27,30,45-46H,6-8,10,12,14,16,18,20-22,25-26,28-29,31-44H2,1-5H3/b11-9+,15-13+,19-17+,24-23+,30-27+. The average molecular weight is 800 g/mol. The quantitative estimate of drug-likeness (QED) is 0.0200. The lowest BCUT2D eigenvalue weighted by molar-refractivity contribution is -0.889. The number of carboxylic acid groups (broad SMARTS) is 1. The number of rotatable bonds is 40. The molecule has 0 saturated carbocycles. The van der Waals surface area contributed by atoms with Crippen molar-refractivity contribution in [2.24, 2.45) is 0 Å². The van der Waals surface area contributed by atoms with Gasteiger partial charge in [0.05, 0.1) is 40.3 Å². The summed E-state index contributed by atoms with van der Waals surface area (Å²) < 4.78 is 17.1. The van der Waals surface area contributed by atoms with Crippen molar-refractivity contribution in [1.82, 2.24) is 0 Å². The van der Waals surface area contributed by atoms with E-state index in [9.17, 15) is 19.5 Å². The summed E-state index contributed by atoms with van der Waals surface area (Å²) in [5.41, 5.74) is 0. The lowest BCUT2D eigenvalue weighted by Crippen LogP contribution is -2.55. The molecular formula is C49H85NO7. The van der Waals surface area contributed by atoms with Crippen LogP contribution in [0.1, 0.15) is 181 Å². The Morgan fingerprint density at radius 2 is 1.00 bits per heavy atom. The maximum Gasteiger partial charge on any atom is 0.306 e. The van der Waals surface area contributed by atoms with Gasteiger partial charge in [-0.05, 0) is 57.8 Å². The predicted octanol–water partition coefficient (Wildman–Crippen LogP) is 11.2. The molecule has 2 unspecified atom stereocenters. The number of hydrogen-bond acceptors (Lipinski definition) is 7. The molecule has 8 heteroatoms. The summed E-state index contributed by atoms with van der Waals surface area (Å²) in [5, 5.41) is 11.6. The number of carboxylic acids is 1. The number of unbranched alkanes of at least 4 members (excludes halogenated alkanes) is 19. The minimum atomic E-state index is -1.13. The van der Waals surface area contributed by atoms with E-state index in [0.717, 1.165) is 44.9 Å². The van der Waals surface area contributed by atoms with Gasteiger partial charge in [0.1, 0.15) is 12.6 Å². The van der Waals surface area contributed by atoms with E-state index >= 15 is 0 Å². The molecule has 0 aliphatic heterocycles. The summed E-state index contributed by atoms with van der Waals surface area (Å²) >= 11 is 0. The van der Waals surface area contributed by atoms with Crippen LogP contribution < -0.4 is 5.11 Å². The topological polar surface area (TPSA) is 102 Å². The molecule has 8 nitrogen and oxygen atoms in total. The molecule has 0 fully saturated rings. The van der Waals surface area contributed by atoms with Crippen molar-refractivity contribution in [2.45, 2.75) is 193 Å². The highest BCUT2D eigenvalue weighted by atomic mass is 16.6. The molecule has 0 aromatic carbocycles. The molecule has 0 aromatic heterocycles. The molecule has 0 radical (unpaired) electrons.